The fourth-order valence-corrected chi connectivity index (χ4v) is 7.15. The van der Waals surface area contributed by atoms with Crippen LogP contribution in [0.15, 0.2) is 54.6 Å². The molecule has 6 rings (SSSR count). The molecule has 0 spiro atoms. The van der Waals surface area contributed by atoms with E-state index in [1.807, 2.05) is 0 Å². The van der Waals surface area contributed by atoms with Gasteiger partial charge in [-0.05, 0) is 114 Å². The summed E-state index contributed by atoms with van der Waals surface area (Å²) in [6.07, 6.45) is 7.42. The Balaban J connectivity index is 1.36. The number of carboxylic acids is 1. The fourth-order valence-electron chi connectivity index (χ4n) is 7.15. The van der Waals surface area contributed by atoms with Crippen LogP contribution in [0.2, 0.25) is 0 Å². The molecule has 210 valence electrons. The van der Waals surface area contributed by atoms with Gasteiger partial charge in [0.15, 0.2) is 0 Å². The zero-order valence-electron chi connectivity index (χ0n) is 23.7. The monoisotopic (exact) mass is 542 g/mol. The predicted molar refractivity (Wildman–Crippen MR) is 155 cm³/mol. The standard InChI is InChI=1S/C35H39FO4/c1-35(2)16-4-5-30(35)28-17-24(10-13-26(28)29-19-25(39-3)12-14-31(29)36)32-15-11-22-8-9-23(18-33(22)40-32)27(20-34(37)38)21-6-7-21/h8-10,12-14,17-19,21,27,30,32H,4-7,11,15-16,20H2,1-3H3,(H,37,38)/t27-,30-,32?/m0/s1. The molecule has 1 N–H and O–H groups in total. The van der Waals surface area contributed by atoms with Crippen molar-refractivity contribution in [1.82, 2.24) is 0 Å². The molecule has 2 saturated carbocycles. The summed E-state index contributed by atoms with van der Waals surface area (Å²) in [6.45, 7) is 4.65. The quantitative estimate of drug-likeness (QED) is 0.309. The maximum atomic E-state index is 15.2. The van der Waals surface area contributed by atoms with Crippen molar-refractivity contribution < 1.29 is 23.8 Å². The summed E-state index contributed by atoms with van der Waals surface area (Å²) in [5.41, 5.74) is 6.18. The molecule has 0 aromatic heterocycles. The van der Waals surface area contributed by atoms with Crippen LogP contribution in [-0.4, -0.2) is 18.2 Å². The molecule has 4 nitrogen and oxygen atoms in total. The first-order valence-electron chi connectivity index (χ1n) is 14.7. The van der Waals surface area contributed by atoms with Crippen LogP contribution in [0, 0.1) is 17.2 Å². The molecule has 2 fully saturated rings. The second-order valence-electron chi connectivity index (χ2n) is 12.7. The minimum Gasteiger partial charge on any atom is -0.497 e. The van der Waals surface area contributed by atoms with E-state index in [4.69, 9.17) is 9.47 Å². The van der Waals surface area contributed by atoms with Gasteiger partial charge in [0.25, 0.3) is 0 Å². The molecule has 3 aliphatic rings. The Hall–Kier alpha value is -3.34. The van der Waals surface area contributed by atoms with Crippen molar-refractivity contribution in [2.75, 3.05) is 7.11 Å². The summed E-state index contributed by atoms with van der Waals surface area (Å²) >= 11 is 0. The van der Waals surface area contributed by atoms with Crippen LogP contribution in [0.1, 0.15) is 99.0 Å². The predicted octanol–water partition coefficient (Wildman–Crippen LogP) is 8.83. The first kappa shape index (κ1) is 26.9. The van der Waals surface area contributed by atoms with Crippen molar-refractivity contribution in [3.05, 3.63) is 82.7 Å². The summed E-state index contributed by atoms with van der Waals surface area (Å²) < 4.78 is 27.3. The zero-order valence-corrected chi connectivity index (χ0v) is 23.7. The number of fused-ring (bicyclic) bond motifs is 1. The Labute approximate surface area is 236 Å². The lowest BCUT2D eigenvalue weighted by Gasteiger charge is -2.32. The van der Waals surface area contributed by atoms with Gasteiger partial charge in [-0.15, -0.1) is 0 Å². The minimum absolute atomic E-state index is 0.0417. The smallest absolute Gasteiger partial charge is 0.303 e. The maximum absolute atomic E-state index is 15.2. The molecule has 3 atom stereocenters. The third kappa shape index (κ3) is 5.23. The molecule has 1 heterocycles. The van der Waals surface area contributed by atoms with Crippen LogP contribution in [-0.2, 0) is 11.2 Å². The Morgan fingerprint density at radius 2 is 1.88 bits per heavy atom. The van der Waals surface area contributed by atoms with Gasteiger partial charge in [-0.1, -0.05) is 50.6 Å². The van der Waals surface area contributed by atoms with Crippen molar-refractivity contribution in [2.24, 2.45) is 11.3 Å². The molecule has 1 unspecified atom stereocenters. The van der Waals surface area contributed by atoms with Crippen molar-refractivity contribution in [1.29, 1.82) is 0 Å². The average Bonchev–Trinajstić information content (AvgIpc) is 3.73. The van der Waals surface area contributed by atoms with Crippen LogP contribution in [0.4, 0.5) is 4.39 Å². The number of halogens is 1. The summed E-state index contributed by atoms with van der Waals surface area (Å²) in [7, 11) is 1.61. The van der Waals surface area contributed by atoms with E-state index in [1.165, 1.54) is 17.2 Å². The van der Waals surface area contributed by atoms with Crippen molar-refractivity contribution in [3.8, 4) is 22.6 Å². The number of carboxylic acid groups (broad SMARTS) is 1. The molecule has 1 aliphatic heterocycles. The van der Waals surface area contributed by atoms with E-state index in [1.54, 1.807) is 19.2 Å². The molecule has 0 bridgehead atoms. The fraction of sp³-hybridized carbons (Fsp3) is 0.457. The van der Waals surface area contributed by atoms with Crippen LogP contribution in [0.5, 0.6) is 11.5 Å². The van der Waals surface area contributed by atoms with Crippen LogP contribution < -0.4 is 9.47 Å². The van der Waals surface area contributed by atoms with E-state index >= 15 is 4.39 Å². The number of hydrogen-bond donors (Lipinski definition) is 1. The molecular formula is C35H39FO4. The highest BCUT2D eigenvalue weighted by Crippen LogP contribution is 2.52. The Morgan fingerprint density at radius 1 is 1.05 bits per heavy atom. The van der Waals surface area contributed by atoms with Gasteiger partial charge in [0.05, 0.1) is 13.5 Å². The van der Waals surface area contributed by atoms with Gasteiger partial charge in [-0.3, -0.25) is 4.79 Å². The first-order valence-corrected chi connectivity index (χ1v) is 14.7. The number of methoxy groups -OCH3 is 1. The minimum atomic E-state index is -0.747. The van der Waals surface area contributed by atoms with Gasteiger partial charge in [-0.25, -0.2) is 4.39 Å². The average molecular weight is 543 g/mol. The Morgan fingerprint density at radius 3 is 2.58 bits per heavy atom. The lowest BCUT2D eigenvalue weighted by molar-refractivity contribution is -0.137. The largest absolute Gasteiger partial charge is 0.497 e. The molecule has 40 heavy (non-hydrogen) atoms. The number of aliphatic carboxylic acids is 1. The van der Waals surface area contributed by atoms with Crippen LogP contribution >= 0.6 is 0 Å². The van der Waals surface area contributed by atoms with E-state index in [-0.39, 0.29) is 29.7 Å². The van der Waals surface area contributed by atoms with Gasteiger partial charge >= 0.3 is 5.97 Å². The Bertz CT molecular complexity index is 1420. The number of ether oxygens (including phenoxy) is 2. The van der Waals surface area contributed by atoms with Crippen molar-refractivity contribution in [2.45, 2.75) is 83.2 Å². The SMILES string of the molecule is COc1ccc(F)c(-c2ccc(C3CCc4ccc([C@@H](CC(=O)O)C5CC5)cc4O3)cc2[C@@H]2CCCC2(C)C)c1. The number of rotatable bonds is 8. The lowest BCUT2D eigenvalue weighted by atomic mass is 9.74. The van der Waals surface area contributed by atoms with E-state index in [0.29, 0.717) is 23.1 Å². The van der Waals surface area contributed by atoms with Crippen molar-refractivity contribution >= 4 is 5.97 Å². The second kappa shape index (κ2) is 10.6. The van der Waals surface area contributed by atoms with Gasteiger partial charge in [-0.2, -0.15) is 0 Å². The number of carbonyl (C=O) groups is 1. The highest BCUT2D eigenvalue weighted by molar-refractivity contribution is 5.71. The molecule has 5 heteroatoms. The second-order valence-corrected chi connectivity index (χ2v) is 12.7. The summed E-state index contributed by atoms with van der Waals surface area (Å²) in [5, 5.41) is 9.49. The Kier molecular flexibility index (Phi) is 7.10. The highest BCUT2D eigenvalue weighted by Gasteiger charge is 2.38. The normalized spacial score (nSPS) is 22.3. The van der Waals surface area contributed by atoms with E-state index < -0.39 is 5.97 Å². The van der Waals surface area contributed by atoms with E-state index in [2.05, 4.69) is 50.2 Å². The highest BCUT2D eigenvalue weighted by atomic mass is 19.1. The molecule has 0 amide bonds. The maximum Gasteiger partial charge on any atom is 0.303 e. The number of benzene rings is 3. The van der Waals surface area contributed by atoms with Gasteiger partial charge < -0.3 is 14.6 Å². The summed E-state index contributed by atoms with van der Waals surface area (Å²) in [6, 6.07) is 17.7. The van der Waals surface area contributed by atoms with Gasteiger partial charge in [0.1, 0.15) is 23.4 Å². The molecular weight excluding hydrogens is 503 g/mol. The molecule has 3 aromatic carbocycles. The van der Waals surface area contributed by atoms with Gasteiger partial charge in [0, 0.05) is 5.56 Å². The molecule has 0 saturated heterocycles. The number of aryl methyl sites for hydroxylation is 1. The zero-order chi connectivity index (χ0) is 28.0. The lowest BCUT2D eigenvalue weighted by Crippen LogP contribution is -2.19. The summed E-state index contributed by atoms with van der Waals surface area (Å²) in [4.78, 5) is 11.6. The third-order valence-electron chi connectivity index (χ3n) is 9.59. The molecule has 2 aliphatic carbocycles. The molecule has 3 aromatic rings. The first-order chi connectivity index (χ1) is 19.2. The number of hydrogen-bond acceptors (Lipinski definition) is 3. The van der Waals surface area contributed by atoms with Crippen molar-refractivity contribution in [3.63, 3.8) is 0 Å². The van der Waals surface area contributed by atoms with Crippen LogP contribution in [0.25, 0.3) is 11.1 Å². The van der Waals surface area contributed by atoms with Crippen LogP contribution in [0.3, 0.4) is 0 Å². The third-order valence-corrected chi connectivity index (χ3v) is 9.59. The topological polar surface area (TPSA) is 55.8 Å². The summed E-state index contributed by atoms with van der Waals surface area (Å²) in [5.74, 6) is 1.35. The van der Waals surface area contributed by atoms with E-state index in [0.717, 1.165) is 67.4 Å². The molecule has 0 radical (unpaired) electrons. The van der Waals surface area contributed by atoms with E-state index in [9.17, 15) is 9.90 Å². The van der Waals surface area contributed by atoms with Gasteiger partial charge in [0.2, 0.25) is 0 Å².